The van der Waals surface area contributed by atoms with E-state index in [1.54, 1.807) is 48.6 Å². The van der Waals surface area contributed by atoms with Gasteiger partial charge in [-0.05, 0) is 36.8 Å². The van der Waals surface area contributed by atoms with Gasteiger partial charge in [-0.25, -0.2) is 0 Å². The molecule has 0 amide bonds. The average molecular weight is 477 g/mol. The molecule has 7 heteroatoms. The SMILES string of the molecule is CCOc1ccc(C=CC(O)c2ccc(OC(C)=O)cc2OCc2ccccc2)c(OC(C)=O)c1. The van der Waals surface area contributed by atoms with E-state index in [0.717, 1.165) is 5.56 Å². The Balaban J connectivity index is 1.87. The van der Waals surface area contributed by atoms with Gasteiger partial charge in [0.15, 0.2) is 0 Å². The molecule has 0 aliphatic heterocycles. The van der Waals surface area contributed by atoms with Gasteiger partial charge < -0.3 is 24.1 Å². The van der Waals surface area contributed by atoms with Gasteiger partial charge in [0.25, 0.3) is 0 Å². The van der Waals surface area contributed by atoms with Gasteiger partial charge in [-0.3, -0.25) is 9.59 Å². The van der Waals surface area contributed by atoms with Gasteiger partial charge in [0.05, 0.1) is 6.61 Å². The number of carbonyl (C=O) groups excluding carboxylic acids is 2. The summed E-state index contributed by atoms with van der Waals surface area (Å²) in [5, 5.41) is 10.9. The zero-order valence-electron chi connectivity index (χ0n) is 19.9. The summed E-state index contributed by atoms with van der Waals surface area (Å²) in [4.78, 5) is 22.9. The van der Waals surface area contributed by atoms with Gasteiger partial charge >= 0.3 is 11.9 Å². The van der Waals surface area contributed by atoms with E-state index in [1.807, 2.05) is 37.3 Å². The highest BCUT2D eigenvalue weighted by Crippen LogP contribution is 2.33. The van der Waals surface area contributed by atoms with Crippen LogP contribution < -0.4 is 18.9 Å². The van der Waals surface area contributed by atoms with Crippen LogP contribution >= 0.6 is 0 Å². The van der Waals surface area contributed by atoms with Gasteiger partial charge in [0, 0.05) is 37.1 Å². The van der Waals surface area contributed by atoms with Crippen molar-refractivity contribution in [3.05, 3.63) is 89.5 Å². The second kappa shape index (κ2) is 12.4. The number of carbonyl (C=O) groups is 2. The highest BCUT2D eigenvalue weighted by atomic mass is 16.5. The Bertz CT molecular complexity index is 1190. The molecule has 3 rings (SSSR count). The molecule has 0 saturated carbocycles. The minimum absolute atomic E-state index is 0.267. The first-order valence-corrected chi connectivity index (χ1v) is 11.2. The molecule has 0 aromatic heterocycles. The predicted octanol–water partition coefficient (Wildman–Crippen LogP) is 5.26. The summed E-state index contributed by atoms with van der Waals surface area (Å²) in [6.07, 6.45) is 2.15. The number of aliphatic hydroxyl groups is 1. The first-order valence-electron chi connectivity index (χ1n) is 11.2. The standard InChI is InChI=1S/C28H28O7/c1-4-32-23-12-10-22(27(16-23)35-20(3)30)11-15-26(31)25-14-13-24(34-19(2)29)17-28(25)33-18-21-8-6-5-7-9-21/h5-17,26,31H,4,18H2,1-3H3. The second-order valence-electron chi connectivity index (χ2n) is 7.60. The molecule has 1 atom stereocenters. The Morgan fingerprint density at radius 2 is 1.54 bits per heavy atom. The van der Waals surface area contributed by atoms with Crippen LogP contribution in [0, 0.1) is 0 Å². The van der Waals surface area contributed by atoms with Gasteiger partial charge in [-0.2, -0.15) is 0 Å². The van der Waals surface area contributed by atoms with E-state index < -0.39 is 18.0 Å². The molecule has 7 nitrogen and oxygen atoms in total. The topological polar surface area (TPSA) is 91.3 Å². The van der Waals surface area contributed by atoms with Crippen molar-refractivity contribution in [2.45, 2.75) is 33.5 Å². The zero-order valence-corrected chi connectivity index (χ0v) is 19.9. The van der Waals surface area contributed by atoms with Crippen molar-refractivity contribution in [3.63, 3.8) is 0 Å². The minimum Gasteiger partial charge on any atom is -0.494 e. The van der Waals surface area contributed by atoms with Gasteiger partial charge in [0.2, 0.25) is 0 Å². The molecule has 0 aliphatic carbocycles. The number of rotatable bonds is 10. The van der Waals surface area contributed by atoms with Crippen molar-refractivity contribution < 1.29 is 33.6 Å². The second-order valence-corrected chi connectivity index (χ2v) is 7.60. The Labute approximate surface area is 204 Å². The van der Waals surface area contributed by atoms with Crippen molar-refractivity contribution >= 4 is 18.0 Å². The van der Waals surface area contributed by atoms with Gasteiger partial charge in [0.1, 0.15) is 35.7 Å². The maximum absolute atomic E-state index is 11.5. The van der Waals surface area contributed by atoms with Crippen molar-refractivity contribution in [2.24, 2.45) is 0 Å². The molecule has 0 bridgehead atoms. The van der Waals surface area contributed by atoms with E-state index in [9.17, 15) is 14.7 Å². The molecule has 3 aromatic carbocycles. The van der Waals surface area contributed by atoms with Crippen LogP contribution in [0.1, 0.15) is 43.6 Å². The molecular weight excluding hydrogens is 448 g/mol. The molecule has 1 unspecified atom stereocenters. The lowest BCUT2D eigenvalue weighted by atomic mass is 10.1. The monoisotopic (exact) mass is 476 g/mol. The van der Waals surface area contributed by atoms with Crippen LogP contribution in [-0.4, -0.2) is 23.7 Å². The maximum atomic E-state index is 11.5. The number of ether oxygens (including phenoxy) is 4. The molecule has 0 aliphatic rings. The summed E-state index contributed by atoms with van der Waals surface area (Å²) in [5.74, 6) is 0.643. The Morgan fingerprint density at radius 1 is 0.857 bits per heavy atom. The first kappa shape index (κ1) is 25.5. The predicted molar refractivity (Wildman–Crippen MR) is 131 cm³/mol. The number of esters is 2. The van der Waals surface area contributed by atoms with Crippen LogP contribution in [0.25, 0.3) is 6.08 Å². The third-order valence-corrected chi connectivity index (χ3v) is 4.81. The summed E-state index contributed by atoms with van der Waals surface area (Å²) >= 11 is 0. The summed E-state index contributed by atoms with van der Waals surface area (Å²) in [6.45, 7) is 5.23. The highest BCUT2D eigenvalue weighted by molar-refractivity contribution is 5.72. The smallest absolute Gasteiger partial charge is 0.308 e. The number of hydrogen-bond donors (Lipinski definition) is 1. The van der Waals surface area contributed by atoms with E-state index in [2.05, 4.69) is 0 Å². The average Bonchev–Trinajstić information content (AvgIpc) is 2.82. The Kier molecular flexibility index (Phi) is 9.03. The molecule has 0 saturated heterocycles. The highest BCUT2D eigenvalue weighted by Gasteiger charge is 2.15. The van der Waals surface area contributed by atoms with E-state index in [-0.39, 0.29) is 6.61 Å². The summed E-state index contributed by atoms with van der Waals surface area (Å²) in [5.41, 5.74) is 2.01. The summed E-state index contributed by atoms with van der Waals surface area (Å²) < 4.78 is 21.9. The van der Waals surface area contributed by atoms with E-state index >= 15 is 0 Å². The molecule has 0 spiro atoms. The van der Waals surface area contributed by atoms with Crippen molar-refractivity contribution in [1.82, 2.24) is 0 Å². The van der Waals surface area contributed by atoms with Crippen LogP contribution in [0.2, 0.25) is 0 Å². The Morgan fingerprint density at radius 3 is 2.23 bits per heavy atom. The van der Waals surface area contributed by atoms with Crippen LogP contribution in [0.5, 0.6) is 23.0 Å². The molecule has 182 valence electrons. The molecule has 0 radical (unpaired) electrons. The van der Waals surface area contributed by atoms with Crippen molar-refractivity contribution in [2.75, 3.05) is 6.61 Å². The number of benzene rings is 3. The lowest BCUT2D eigenvalue weighted by Gasteiger charge is -2.16. The lowest BCUT2D eigenvalue weighted by Crippen LogP contribution is -2.05. The maximum Gasteiger partial charge on any atom is 0.308 e. The number of hydrogen-bond acceptors (Lipinski definition) is 7. The Hall–Kier alpha value is -4.10. The summed E-state index contributed by atoms with van der Waals surface area (Å²) in [7, 11) is 0. The van der Waals surface area contributed by atoms with Crippen LogP contribution in [-0.2, 0) is 16.2 Å². The van der Waals surface area contributed by atoms with Gasteiger partial charge in [-0.1, -0.05) is 42.5 Å². The normalized spacial score (nSPS) is 11.7. The largest absolute Gasteiger partial charge is 0.494 e. The molecule has 0 fully saturated rings. The lowest BCUT2D eigenvalue weighted by molar-refractivity contribution is -0.132. The molecule has 35 heavy (non-hydrogen) atoms. The van der Waals surface area contributed by atoms with E-state index in [0.29, 0.717) is 40.7 Å². The molecule has 0 heterocycles. The van der Waals surface area contributed by atoms with Crippen molar-refractivity contribution in [3.8, 4) is 23.0 Å². The number of aliphatic hydroxyl groups excluding tert-OH is 1. The fourth-order valence-electron chi connectivity index (χ4n) is 3.30. The molecule has 3 aromatic rings. The third-order valence-electron chi connectivity index (χ3n) is 4.81. The quantitative estimate of drug-likeness (QED) is 0.315. The molecular formula is C28H28O7. The third kappa shape index (κ3) is 7.72. The summed E-state index contributed by atoms with van der Waals surface area (Å²) in [6, 6.07) is 19.5. The van der Waals surface area contributed by atoms with E-state index in [4.69, 9.17) is 18.9 Å². The zero-order chi connectivity index (χ0) is 25.2. The molecule has 1 N–H and O–H groups in total. The van der Waals surface area contributed by atoms with Gasteiger partial charge in [-0.15, -0.1) is 0 Å². The van der Waals surface area contributed by atoms with Crippen molar-refractivity contribution in [1.29, 1.82) is 0 Å². The minimum atomic E-state index is -1.05. The fraction of sp³-hybridized carbons (Fsp3) is 0.214. The first-order chi connectivity index (χ1) is 16.9. The van der Waals surface area contributed by atoms with E-state index in [1.165, 1.54) is 13.8 Å². The van der Waals surface area contributed by atoms with Crippen LogP contribution in [0.4, 0.5) is 0 Å². The van der Waals surface area contributed by atoms with Crippen LogP contribution in [0.15, 0.2) is 72.8 Å². The fourth-order valence-corrected chi connectivity index (χ4v) is 3.30. The van der Waals surface area contributed by atoms with Crippen LogP contribution in [0.3, 0.4) is 0 Å².